The number of carbonyl (C=O) groups excluding carboxylic acids is 1. The smallest absolute Gasteiger partial charge is 0.225 e. The average Bonchev–Trinajstić information content (AvgIpc) is 2.53. The molecule has 0 atom stereocenters. The van der Waals surface area contributed by atoms with Crippen molar-refractivity contribution in [3.8, 4) is 0 Å². The van der Waals surface area contributed by atoms with E-state index in [1.807, 2.05) is 20.8 Å². The molecule has 6 heteroatoms. The van der Waals surface area contributed by atoms with Crippen molar-refractivity contribution in [3.63, 3.8) is 0 Å². The van der Waals surface area contributed by atoms with E-state index in [-0.39, 0.29) is 11.3 Å². The Morgan fingerprint density at radius 3 is 2.25 bits per heavy atom. The standard InChI is InChI=1S/C18H37N5O/c1-15-7-13-23(14-8-15)12-6-9-21-17(19-5)22-11-10-20-16(24)18(2,3)4/h15H,6-14H2,1-5H3,(H,20,24)(H2,19,21,22). The Morgan fingerprint density at radius 2 is 1.67 bits per heavy atom. The maximum atomic E-state index is 11.8. The molecule has 0 aliphatic carbocycles. The molecule has 1 heterocycles. The number of guanidine groups is 1. The zero-order chi connectivity index (χ0) is 18.0. The summed E-state index contributed by atoms with van der Waals surface area (Å²) in [6.07, 6.45) is 3.78. The van der Waals surface area contributed by atoms with Crippen molar-refractivity contribution >= 4 is 11.9 Å². The van der Waals surface area contributed by atoms with E-state index < -0.39 is 0 Å². The first-order chi connectivity index (χ1) is 11.3. The fourth-order valence-electron chi connectivity index (χ4n) is 2.64. The lowest BCUT2D eigenvalue weighted by atomic mass is 9.96. The van der Waals surface area contributed by atoms with Gasteiger partial charge in [-0.15, -0.1) is 0 Å². The topological polar surface area (TPSA) is 68.8 Å². The van der Waals surface area contributed by atoms with E-state index in [2.05, 4.69) is 32.8 Å². The molecule has 140 valence electrons. The monoisotopic (exact) mass is 339 g/mol. The summed E-state index contributed by atoms with van der Waals surface area (Å²) in [6, 6.07) is 0. The van der Waals surface area contributed by atoms with Crippen LogP contribution in [0.2, 0.25) is 0 Å². The van der Waals surface area contributed by atoms with Gasteiger partial charge < -0.3 is 20.9 Å². The van der Waals surface area contributed by atoms with Crippen LogP contribution in [0.5, 0.6) is 0 Å². The molecule has 0 radical (unpaired) electrons. The quantitative estimate of drug-likeness (QED) is 0.373. The highest BCUT2D eigenvalue weighted by atomic mass is 16.2. The number of carbonyl (C=O) groups is 1. The first kappa shape index (κ1) is 20.7. The van der Waals surface area contributed by atoms with Gasteiger partial charge in [0.1, 0.15) is 0 Å². The number of hydrogen-bond donors (Lipinski definition) is 3. The Bertz CT molecular complexity index is 395. The van der Waals surface area contributed by atoms with Crippen molar-refractivity contribution in [1.29, 1.82) is 0 Å². The SMILES string of the molecule is CN=C(NCCCN1CCC(C)CC1)NCCNC(=O)C(C)(C)C. The van der Waals surface area contributed by atoms with Crippen LogP contribution in [0.1, 0.15) is 47.0 Å². The fourth-order valence-corrected chi connectivity index (χ4v) is 2.64. The molecule has 0 aromatic heterocycles. The van der Waals surface area contributed by atoms with Gasteiger partial charge in [-0.25, -0.2) is 0 Å². The number of likely N-dealkylation sites (tertiary alicyclic amines) is 1. The van der Waals surface area contributed by atoms with E-state index in [1.54, 1.807) is 7.05 Å². The van der Waals surface area contributed by atoms with Gasteiger partial charge in [0.15, 0.2) is 5.96 Å². The molecular formula is C18H37N5O. The Balaban J connectivity index is 2.07. The lowest BCUT2D eigenvalue weighted by Gasteiger charge is -2.30. The molecule has 1 saturated heterocycles. The highest BCUT2D eigenvalue weighted by Crippen LogP contribution is 2.15. The van der Waals surface area contributed by atoms with E-state index in [9.17, 15) is 4.79 Å². The van der Waals surface area contributed by atoms with E-state index in [4.69, 9.17) is 0 Å². The van der Waals surface area contributed by atoms with E-state index in [0.717, 1.165) is 31.4 Å². The summed E-state index contributed by atoms with van der Waals surface area (Å²) >= 11 is 0. The summed E-state index contributed by atoms with van der Waals surface area (Å²) in [5, 5.41) is 9.49. The van der Waals surface area contributed by atoms with Crippen molar-refractivity contribution in [2.75, 3.05) is 46.3 Å². The van der Waals surface area contributed by atoms with Gasteiger partial charge in [0, 0.05) is 32.1 Å². The molecule has 0 bridgehead atoms. The minimum absolute atomic E-state index is 0.0723. The predicted octanol–water partition coefficient (Wildman–Crippen LogP) is 1.44. The Morgan fingerprint density at radius 1 is 1.08 bits per heavy atom. The number of nitrogens with zero attached hydrogens (tertiary/aromatic N) is 2. The molecule has 0 spiro atoms. The number of rotatable bonds is 7. The van der Waals surface area contributed by atoms with Crippen LogP contribution >= 0.6 is 0 Å². The lowest BCUT2D eigenvalue weighted by Crippen LogP contribution is -2.44. The maximum Gasteiger partial charge on any atom is 0.225 e. The molecule has 6 nitrogen and oxygen atoms in total. The van der Waals surface area contributed by atoms with Crippen molar-refractivity contribution in [2.24, 2.45) is 16.3 Å². The second kappa shape index (κ2) is 10.5. The van der Waals surface area contributed by atoms with Gasteiger partial charge >= 0.3 is 0 Å². The van der Waals surface area contributed by atoms with Gasteiger partial charge in [-0.05, 0) is 44.8 Å². The second-order valence-electron chi connectivity index (χ2n) is 7.81. The van der Waals surface area contributed by atoms with Crippen molar-refractivity contribution in [3.05, 3.63) is 0 Å². The third-order valence-electron chi connectivity index (χ3n) is 4.43. The third kappa shape index (κ3) is 8.52. The van der Waals surface area contributed by atoms with Gasteiger partial charge in [-0.3, -0.25) is 9.79 Å². The fraction of sp³-hybridized carbons (Fsp3) is 0.889. The summed E-state index contributed by atoms with van der Waals surface area (Å²) in [7, 11) is 1.77. The molecule has 1 rings (SSSR count). The molecule has 1 amide bonds. The van der Waals surface area contributed by atoms with E-state index in [1.165, 1.54) is 25.9 Å². The molecule has 0 saturated carbocycles. The molecular weight excluding hydrogens is 302 g/mol. The molecule has 1 fully saturated rings. The van der Waals surface area contributed by atoms with Gasteiger partial charge in [0.25, 0.3) is 0 Å². The van der Waals surface area contributed by atoms with Crippen molar-refractivity contribution < 1.29 is 4.79 Å². The molecule has 1 aliphatic rings. The predicted molar refractivity (Wildman–Crippen MR) is 101 cm³/mol. The minimum atomic E-state index is -0.341. The first-order valence-electron chi connectivity index (χ1n) is 9.28. The summed E-state index contributed by atoms with van der Waals surface area (Å²) < 4.78 is 0. The summed E-state index contributed by atoms with van der Waals surface area (Å²) in [5.41, 5.74) is -0.341. The Labute approximate surface area is 147 Å². The van der Waals surface area contributed by atoms with Crippen LogP contribution in [0.25, 0.3) is 0 Å². The normalized spacial score (nSPS) is 17.6. The average molecular weight is 340 g/mol. The largest absolute Gasteiger partial charge is 0.356 e. The Hall–Kier alpha value is -1.30. The molecule has 3 N–H and O–H groups in total. The van der Waals surface area contributed by atoms with Gasteiger partial charge in [0.2, 0.25) is 5.91 Å². The van der Waals surface area contributed by atoms with E-state index in [0.29, 0.717) is 13.1 Å². The number of piperidine rings is 1. The highest BCUT2D eigenvalue weighted by Gasteiger charge is 2.20. The van der Waals surface area contributed by atoms with Crippen LogP contribution in [0.3, 0.4) is 0 Å². The molecule has 0 unspecified atom stereocenters. The highest BCUT2D eigenvalue weighted by molar-refractivity contribution is 5.81. The van der Waals surface area contributed by atoms with Crippen LogP contribution < -0.4 is 16.0 Å². The molecule has 24 heavy (non-hydrogen) atoms. The van der Waals surface area contributed by atoms with Crippen LogP contribution in [0, 0.1) is 11.3 Å². The second-order valence-corrected chi connectivity index (χ2v) is 7.81. The zero-order valence-electron chi connectivity index (χ0n) is 16.2. The molecule has 0 aromatic rings. The van der Waals surface area contributed by atoms with Crippen LogP contribution in [-0.4, -0.2) is 63.1 Å². The van der Waals surface area contributed by atoms with E-state index >= 15 is 0 Å². The lowest BCUT2D eigenvalue weighted by molar-refractivity contribution is -0.128. The van der Waals surface area contributed by atoms with Crippen molar-refractivity contribution in [2.45, 2.75) is 47.0 Å². The number of amides is 1. The number of aliphatic imine (C=N–C) groups is 1. The van der Waals surface area contributed by atoms with Gasteiger partial charge in [0.05, 0.1) is 0 Å². The Kier molecular flexibility index (Phi) is 9.11. The van der Waals surface area contributed by atoms with Crippen LogP contribution in [0.4, 0.5) is 0 Å². The summed E-state index contributed by atoms with van der Waals surface area (Å²) in [4.78, 5) is 18.5. The van der Waals surface area contributed by atoms with Crippen LogP contribution in [0.15, 0.2) is 4.99 Å². The first-order valence-corrected chi connectivity index (χ1v) is 9.28. The number of hydrogen-bond acceptors (Lipinski definition) is 3. The van der Waals surface area contributed by atoms with Gasteiger partial charge in [-0.2, -0.15) is 0 Å². The molecule has 0 aromatic carbocycles. The minimum Gasteiger partial charge on any atom is -0.356 e. The molecule has 1 aliphatic heterocycles. The van der Waals surface area contributed by atoms with Gasteiger partial charge in [-0.1, -0.05) is 27.7 Å². The maximum absolute atomic E-state index is 11.8. The summed E-state index contributed by atoms with van der Waals surface area (Å²) in [5.74, 6) is 1.76. The summed E-state index contributed by atoms with van der Waals surface area (Å²) in [6.45, 7) is 13.9. The third-order valence-corrected chi connectivity index (χ3v) is 4.43. The van der Waals surface area contributed by atoms with Crippen molar-refractivity contribution in [1.82, 2.24) is 20.9 Å². The number of nitrogens with one attached hydrogen (secondary N) is 3. The van der Waals surface area contributed by atoms with Crippen LogP contribution in [-0.2, 0) is 4.79 Å². The zero-order valence-corrected chi connectivity index (χ0v) is 16.2.